The molecule has 32 heavy (non-hydrogen) atoms. The highest BCUT2D eigenvalue weighted by molar-refractivity contribution is 5.97. The maximum absolute atomic E-state index is 13.0. The van der Waals surface area contributed by atoms with Crippen LogP contribution in [0.3, 0.4) is 0 Å². The topological polar surface area (TPSA) is 88.2 Å². The molecule has 0 N–H and O–H groups in total. The van der Waals surface area contributed by atoms with Crippen LogP contribution in [-0.2, 0) is 13.1 Å². The molecule has 0 amide bonds. The predicted molar refractivity (Wildman–Crippen MR) is 118 cm³/mol. The van der Waals surface area contributed by atoms with Crippen molar-refractivity contribution < 1.29 is 14.3 Å². The van der Waals surface area contributed by atoms with E-state index in [-0.39, 0.29) is 24.0 Å². The van der Waals surface area contributed by atoms with Gasteiger partial charge in [-0.3, -0.25) is 9.59 Å². The molecule has 1 atom stereocenters. The highest BCUT2D eigenvalue weighted by Crippen LogP contribution is 2.31. The van der Waals surface area contributed by atoms with E-state index in [9.17, 15) is 9.59 Å². The number of ketones is 1. The van der Waals surface area contributed by atoms with E-state index in [2.05, 4.69) is 10.3 Å². The lowest BCUT2D eigenvalue weighted by Gasteiger charge is -2.27. The third-order valence-electron chi connectivity index (χ3n) is 5.75. The second-order valence-corrected chi connectivity index (χ2v) is 7.89. The van der Waals surface area contributed by atoms with Crippen LogP contribution in [-0.4, -0.2) is 38.1 Å². The van der Waals surface area contributed by atoms with Crippen molar-refractivity contribution in [2.24, 2.45) is 0 Å². The maximum atomic E-state index is 13.0. The van der Waals surface area contributed by atoms with E-state index in [1.807, 2.05) is 48.7 Å². The molecule has 0 aliphatic carbocycles. The minimum Gasteiger partial charge on any atom is -0.486 e. The van der Waals surface area contributed by atoms with Crippen molar-refractivity contribution in [3.8, 4) is 11.5 Å². The second kappa shape index (κ2) is 7.96. The lowest BCUT2D eigenvalue weighted by Crippen LogP contribution is -2.33. The minimum atomic E-state index is -0.329. The fraction of sp³-hybridized carbons (Fsp3) is 0.250. The number of ether oxygens (including phenoxy) is 2. The normalized spacial score (nSPS) is 15.1. The van der Waals surface area contributed by atoms with Gasteiger partial charge in [-0.05, 0) is 44.2 Å². The molecule has 2 aromatic carbocycles. The summed E-state index contributed by atoms with van der Waals surface area (Å²) in [4.78, 5) is 25.7. The van der Waals surface area contributed by atoms with Crippen molar-refractivity contribution in [2.75, 3.05) is 6.61 Å². The Labute approximate surface area is 184 Å². The molecule has 0 fully saturated rings. The summed E-state index contributed by atoms with van der Waals surface area (Å²) in [6.07, 6.45) is -0.174. The Bertz CT molecular complexity index is 1390. The average molecular weight is 430 g/mol. The molecule has 3 heterocycles. The first kappa shape index (κ1) is 20.0. The van der Waals surface area contributed by atoms with E-state index in [0.29, 0.717) is 29.6 Å². The highest BCUT2D eigenvalue weighted by Gasteiger charge is 2.24. The first-order valence-electron chi connectivity index (χ1n) is 10.4. The van der Waals surface area contributed by atoms with E-state index in [4.69, 9.17) is 9.47 Å². The number of hydrogen-bond donors (Lipinski definition) is 0. The molecule has 0 saturated carbocycles. The molecule has 8 nitrogen and oxygen atoms in total. The summed E-state index contributed by atoms with van der Waals surface area (Å²) in [6.45, 7) is 4.65. The van der Waals surface area contributed by atoms with Crippen molar-refractivity contribution >= 4 is 16.7 Å². The van der Waals surface area contributed by atoms with Crippen molar-refractivity contribution in [3.63, 3.8) is 0 Å². The van der Waals surface area contributed by atoms with Gasteiger partial charge in [0.1, 0.15) is 18.7 Å². The third kappa shape index (κ3) is 3.53. The van der Waals surface area contributed by atoms with E-state index in [1.54, 1.807) is 24.3 Å². The van der Waals surface area contributed by atoms with Crippen molar-refractivity contribution in [1.29, 1.82) is 0 Å². The molecule has 0 radical (unpaired) electrons. The molecular weight excluding hydrogens is 408 g/mol. The lowest BCUT2D eigenvalue weighted by molar-refractivity contribution is 0.0777. The summed E-state index contributed by atoms with van der Waals surface area (Å²) < 4.78 is 15.0. The number of aromatic nitrogens is 4. The zero-order valence-corrected chi connectivity index (χ0v) is 17.8. The number of carbonyl (C=O) groups excluding carboxylic acids is 1. The van der Waals surface area contributed by atoms with E-state index >= 15 is 0 Å². The molecular formula is C24H22N4O4. The fourth-order valence-corrected chi connectivity index (χ4v) is 4.07. The molecule has 0 bridgehead atoms. The monoisotopic (exact) mass is 430 g/mol. The van der Waals surface area contributed by atoms with Crippen LogP contribution in [0.5, 0.6) is 11.5 Å². The summed E-state index contributed by atoms with van der Waals surface area (Å²) in [7, 11) is 0. The van der Waals surface area contributed by atoms with Crippen molar-refractivity contribution in [3.05, 3.63) is 81.9 Å². The molecule has 2 aromatic heterocycles. The molecule has 0 spiro atoms. The van der Waals surface area contributed by atoms with E-state index in [0.717, 1.165) is 27.6 Å². The average Bonchev–Trinajstić information content (AvgIpc) is 3.09. The molecule has 1 aliphatic rings. The van der Waals surface area contributed by atoms with Crippen molar-refractivity contribution in [1.82, 2.24) is 19.6 Å². The van der Waals surface area contributed by atoms with Gasteiger partial charge in [0.05, 0.1) is 11.9 Å². The van der Waals surface area contributed by atoms with Crippen LogP contribution in [0.15, 0.2) is 59.4 Å². The summed E-state index contributed by atoms with van der Waals surface area (Å²) in [5.74, 6) is 1.27. The van der Waals surface area contributed by atoms with Gasteiger partial charge in [-0.2, -0.15) is 0 Å². The van der Waals surface area contributed by atoms with Gasteiger partial charge in [-0.1, -0.05) is 29.5 Å². The number of fused-ring (bicyclic) bond motifs is 2. The van der Waals surface area contributed by atoms with Gasteiger partial charge < -0.3 is 14.0 Å². The van der Waals surface area contributed by atoms with Gasteiger partial charge in [-0.15, -0.1) is 5.10 Å². The van der Waals surface area contributed by atoms with Gasteiger partial charge in [0.15, 0.2) is 23.4 Å². The van der Waals surface area contributed by atoms with Gasteiger partial charge in [0, 0.05) is 17.0 Å². The van der Waals surface area contributed by atoms with Gasteiger partial charge in [0.2, 0.25) is 0 Å². The molecule has 8 heteroatoms. The minimum absolute atomic E-state index is 0.169. The van der Waals surface area contributed by atoms with Crippen LogP contribution >= 0.6 is 0 Å². The number of hydrogen-bond acceptors (Lipinski definition) is 6. The van der Waals surface area contributed by atoms with Crippen LogP contribution < -0.4 is 15.0 Å². The van der Waals surface area contributed by atoms with Crippen LogP contribution in [0, 0.1) is 13.8 Å². The Morgan fingerprint density at radius 3 is 2.69 bits per heavy atom. The Kier molecular flexibility index (Phi) is 4.97. The zero-order valence-electron chi connectivity index (χ0n) is 17.8. The zero-order chi connectivity index (χ0) is 22.2. The Morgan fingerprint density at radius 2 is 1.84 bits per heavy atom. The molecule has 4 aromatic rings. The number of aryl methyl sites for hydroxylation is 1. The highest BCUT2D eigenvalue weighted by atomic mass is 16.6. The van der Waals surface area contributed by atoms with Crippen LogP contribution in [0.25, 0.3) is 10.9 Å². The number of benzene rings is 2. The first-order chi connectivity index (χ1) is 15.5. The van der Waals surface area contributed by atoms with E-state index < -0.39 is 0 Å². The standard InChI is InChI=1S/C24H22N4O4/c1-15-11-19(21(29)13-28-24(30)18-7-3-4-8-20(18)25-26-28)16(2)27(15)12-17-14-31-22-9-5-6-10-23(22)32-17/h3-11,17H,12-14H2,1-2H3. The lowest BCUT2D eigenvalue weighted by atomic mass is 10.1. The molecule has 1 aliphatic heterocycles. The summed E-state index contributed by atoms with van der Waals surface area (Å²) in [5.41, 5.74) is 2.49. The first-order valence-corrected chi connectivity index (χ1v) is 10.4. The van der Waals surface area contributed by atoms with Crippen LogP contribution in [0.1, 0.15) is 21.7 Å². The fourth-order valence-electron chi connectivity index (χ4n) is 4.07. The number of nitrogens with zero attached hydrogens (tertiary/aromatic N) is 4. The molecule has 5 rings (SSSR count). The summed E-state index contributed by atoms with van der Waals surface area (Å²) in [5, 5.41) is 8.43. The Morgan fingerprint density at radius 1 is 1.09 bits per heavy atom. The molecule has 0 saturated heterocycles. The van der Waals surface area contributed by atoms with Gasteiger partial charge in [0.25, 0.3) is 5.56 Å². The second-order valence-electron chi connectivity index (χ2n) is 7.89. The smallest absolute Gasteiger partial charge is 0.278 e. The van der Waals surface area contributed by atoms with Crippen molar-refractivity contribution in [2.45, 2.75) is 33.0 Å². The largest absolute Gasteiger partial charge is 0.486 e. The Hall–Kier alpha value is -3.94. The summed E-state index contributed by atoms with van der Waals surface area (Å²) in [6, 6.07) is 16.4. The van der Waals surface area contributed by atoms with Gasteiger partial charge >= 0.3 is 0 Å². The number of carbonyl (C=O) groups is 1. The van der Waals surface area contributed by atoms with Crippen LogP contribution in [0.4, 0.5) is 0 Å². The summed E-state index contributed by atoms with van der Waals surface area (Å²) >= 11 is 0. The molecule has 1 unspecified atom stereocenters. The third-order valence-corrected chi connectivity index (χ3v) is 5.75. The quantitative estimate of drug-likeness (QED) is 0.453. The molecule has 162 valence electrons. The number of rotatable bonds is 5. The van der Waals surface area contributed by atoms with E-state index in [1.165, 1.54) is 0 Å². The SMILES string of the molecule is Cc1cc(C(=O)Cn2nnc3ccccc3c2=O)c(C)n1CC1COc2ccccc2O1. The number of Topliss-reactive ketones (excluding diaryl/α,β-unsaturated/α-hetero) is 1. The van der Waals surface area contributed by atoms with Crippen LogP contribution in [0.2, 0.25) is 0 Å². The number of para-hydroxylation sites is 2. The maximum Gasteiger partial charge on any atom is 0.278 e. The predicted octanol–water partition coefficient (Wildman–Crippen LogP) is 2.93. The Balaban J connectivity index is 1.37. The van der Waals surface area contributed by atoms with Gasteiger partial charge in [-0.25, -0.2) is 4.68 Å².